The Labute approximate surface area is 112 Å². The van der Waals surface area contributed by atoms with E-state index in [1.165, 1.54) is 11.3 Å². The summed E-state index contributed by atoms with van der Waals surface area (Å²) in [6, 6.07) is 0. The maximum absolute atomic E-state index is 12.2. The Bertz CT molecular complexity index is 647. The van der Waals surface area contributed by atoms with E-state index in [0.717, 1.165) is 0 Å². The molecule has 2 amide bonds. The van der Waals surface area contributed by atoms with Crippen LogP contribution in [0.1, 0.15) is 26.5 Å². The molecular formula is C11H10N4O3S. The van der Waals surface area contributed by atoms with Crippen LogP contribution in [-0.4, -0.2) is 23.5 Å². The van der Waals surface area contributed by atoms with E-state index in [1.54, 1.807) is 18.5 Å². The first-order chi connectivity index (χ1) is 9.16. The van der Waals surface area contributed by atoms with Gasteiger partial charge in [0.15, 0.2) is 5.13 Å². The van der Waals surface area contributed by atoms with Crippen LogP contribution in [-0.2, 0) is 0 Å². The third-order valence-electron chi connectivity index (χ3n) is 2.69. The second-order valence-electron chi connectivity index (χ2n) is 3.89. The first kappa shape index (κ1) is 11.7. The second-order valence-corrected chi connectivity index (χ2v) is 4.78. The third-order valence-corrected chi connectivity index (χ3v) is 3.38. The highest BCUT2D eigenvalue weighted by Gasteiger charge is 2.30. The van der Waals surface area contributed by atoms with Gasteiger partial charge in [-0.2, -0.15) is 0 Å². The predicted molar refractivity (Wildman–Crippen MR) is 69.5 cm³/mol. The standard InChI is InChI=1S/C11H10N4O3S/c1-5-6(9(17)15-11-12-2-3-19-11)7-8(16)13-4-14-10(7)18-5/h2-3,14H,4H2,1H3,(H,13,16)(H,12,15,17). The van der Waals surface area contributed by atoms with Gasteiger partial charge in [-0.1, -0.05) is 0 Å². The van der Waals surface area contributed by atoms with Crippen molar-refractivity contribution >= 4 is 34.2 Å². The zero-order valence-corrected chi connectivity index (χ0v) is 10.8. The van der Waals surface area contributed by atoms with Gasteiger partial charge >= 0.3 is 0 Å². The number of carbonyl (C=O) groups excluding carboxylic acids is 2. The summed E-state index contributed by atoms with van der Waals surface area (Å²) in [6.45, 7) is 1.93. The number of nitrogens with one attached hydrogen (secondary N) is 3. The van der Waals surface area contributed by atoms with Gasteiger partial charge in [0.1, 0.15) is 11.3 Å². The molecule has 0 fully saturated rings. The van der Waals surface area contributed by atoms with Crippen molar-refractivity contribution in [3.63, 3.8) is 0 Å². The molecule has 0 atom stereocenters. The largest absolute Gasteiger partial charge is 0.444 e. The Morgan fingerprint density at radius 1 is 1.53 bits per heavy atom. The van der Waals surface area contributed by atoms with Crippen LogP contribution in [0.2, 0.25) is 0 Å². The summed E-state index contributed by atoms with van der Waals surface area (Å²) in [5, 5.41) is 10.3. The molecular weight excluding hydrogens is 268 g/mol. The number of hydrogen-bond donors (Lipinski definition) is 3. The minimum absolute atomic E-state index is 0.231. The monoisotopic (exact) mass is 278 g/mol. The predicted octanol–water partition coefficient (Wildman–Crippen LogP) is 1.41. The van der Waals surface area contributed by atoms with E-state index in [0.29, 0.717) is 16.8 Å². The van der Waals surface area contributed by atoms with Gasteiger partial charge in [-0.15, -0.1) is 11.3 Å². The molecule has 2 aromatic rings. The Morgan fingerprint density at radius 2 is 2.37 bits per heavy atom. The van der Waals surface area contributed by atoms with Gasteiger partial charge in [-0.05, 0) is 6.92 Å². The molecule has 3 N–H and O–H groups in total. The molecule has 3 heterocycles. The van der Waals surface area contributed by atoms with Crippen LogP contribution < -0.4 is 16.0 Å². The summed E-state index contributed by atoms with van der Waals surface area (Å²) in [5.74, 6) is -0.0136. The number of nitrogens with zero attached hydrogens (tertiary/aromatic N) is 1. The molecule has 2 aromatic heterocycles. The van der Waals surface area contributed by atoms with Gasteiger partial charge in [0.05, 0.1) is 12.2 Å². The molecule has 98 valence electrons. The van der Waals surface area contributed by atoms with Crippen molar-refractivity contribution in [3.8, 4) is 0 Å². The highest BCUT2D eigenvalue weighted by molar-refractivity contribution is 7.13. The fraction of sp³-hybridized carbons (Fsp3) is 0.182. The van der Waals surface area contributed by atoms with Crippen molar-refractivity contribution in [1.29, 1.82) is 0 Å². The van der Waals surface area contributed by atoms with Crippen LogP contribution in [0, 0.1) is 6.92 Å². The van der Waals surface area contributed by atoms with Crippen molar-refractivity contribution in [1.82, 2.24) is 10.3 Å². The lowest BCUT2D eigenvalue weighted by atomic mass is 10.1. The first-order valence-corrected chi connectivity index (χ1v) is 6.41. The zero-order valence-electron chi connectivity index (χ0n) is 9.94. The van der Waals surface area contributed by atoms with Crippen LogP contribution in [0.3, 0.4) is 0 Å². The van der Waals surface area contributed by atoms with Crippen molar-refractivity contribution in [3.05, 3.63) is 28.5 Å². The number of hydrogen-bond acceptors (Lipinski definition) is 6. The van der Waals surface area contributed by atoms with E-state index in [9.17, 15) is 9.59 Å². The van der Waals surface area contributed by atoms with Gasteiger partial charge in [-0.25, -0.2) is 4.98 Å². The third kappa shape index (κ3) is 1.95. The van der Waals surface area contributed by atoms with Crippen LogP contribution >= 0.6 is 11.3 Å². The average molecular weight is 278 g/mol. The molecule has 1 aliphatic rings. The van der Waals surface area contributed by atoms with Crippen LogP contribution in [0.4, 0.5) is 11.0 Å². The summed E-state index contributed by atoms with van der Waals surface area (Å²) >= 11 is 1.30. The first-order valence-electron chi connectivity index (χ1n) is 5.53. The molecule has 0 saturated heterocycles. The Balaban J connectivity index is 1.98. The summed E-state index contributed by atoms with van der Waals surface area (Å²) in [4.78, 5) is 28.0. The number of rotatable bonds is 2. The lowest BCUT2D eigenvalue weighted by molar-refractivity contribution is 0.0939. The Hall–Kier alpha value is -2.35. The lowest BCUT2D eigenvalue weighted by Crippen LogP contribution is -2.35. The van der Waals surface area contributed by atoms with Gasteiger partial charge < -0.3 is 15.1 Å². The van der Waals surface area contributed by atoms with Gasteiger partial charge in [0.25, 0.3) is 11.8 Å². The second kappa shape index (κ2) is 4.39. The van der Waals surface area contributed by atoms with E-state index in [4.69, 9.17) is 4.42 Å². The number of carbonyl (C=O) groups is 2. The molecule has 0 bridgehead atoms. The smallest absolute Gasteiger partial charge is 0.261 e. The van der Waals surface area contributed by atoms with Gasteiger partial charge in [0, 0.05) is 11.6 Å². The van der Waals surface area contributed by atoms with E-state index >= 15 is 0 Å². The number of amides is 2. The number of furan rings is 1. The molecule has 7 nitrogen and oxygen atoms in total. The number of thiazole rings is 1. The van der Waals surface area contributed by atoms with Crippen molar-refractivity contribution in [2.75, 3.05) is 17.3 Å². The molecule has 0 saturated carbocycles. The molecule has 0 aromatic carbocycles. The average Bonchev–Trinajstić information content (AvgIpc) is 2.96. The molecule has 0 unspecified atom stereocenters. The van der Waals surface area contributed by atoms with Gasteiger partial charge in [-0.3, -0.25) is 14.9 Å². The SMILES string of the molecule is Cc1oc2c(c1C(=O)Nc1nccs1)C(=O)NCN2. The summed E-state index contributed by atoms with van der Waals surface area (Å²) in [5.41, 5.74) is 0.465. The molecule has 19 heavy (non-hydrogen) atoms. The van der Waals surface area contributed by atoms with E-state index in [2.05, 4.69) is 20.9 Å². The maximum atomic E-state index is 12.2. The minimum Gasteiger partial charge on any atom is -0.444 e. The fourth-order valence-electron chi connectivity index (χ4n) is 1.90. The van der Waals surface area contributed by atoms with Crippen LogP contribution in [0.15, 0.2) is 16.0 Å². The topological polar surface area (TPSA) is 96.3 Å². The molecule has 0 spiro atoms. The minimum atomic E-state index is -0.406. The molecule has 8 heteroatoms. The van der Waals surface area contributed by atoms with Crippen molar-refractivity contribution in [2.45, 2.75) is 6.92 Å². The summed E-state index contributed by atoms with van der Waals surface area (Å²) in [7, 11) is 0. The Kier molecular flexibility index (Phi) is 2.71. The van der Waals surface area contributed by atoms with E-state index in [-0.39, 0.29) is 23.7 Å². The number of aryl methyl sites for hydroxylation is 1. The molecule has 0 aliphatic carbocycles. The molecule has 0 radical (unpaired) electrons. The quantitative estimate of drug-likeness (QED) is 0.771. The molecule has 1 aliphatic heterocycles. The van der Waals surface area contributed by atoms with E-state index < -0.39 is 5.91 Å². The number of fused-ring (bicyclic) bond motifs is 1. The normalized spacial score (nSPS) is 13.4. The summed E-state index contributed by atoms with van der Waals surface area (Å²) in [6.07, 6.45) is 1.59. The van der Waals surface area contributed by atoms with Crippen molar-refractivity contribution in [2.24, 2.45) is 0 Å². The Morgan fingerprint density at radius 3 is 3.11 bits per heavy atom. The fourth-order valence-corrected chi connectivity index (χ4v) is 2.42. The summed E-state index contributed by atoms with van der Waals surface area (Å²) < 4.78 is 5.40. The highest BCUT2D eigenvalue weighted by Crippen LogP contribution is 2.29. The number of aromatic nitrogens is 1. The van der Waals surface area contributed by atoms with Crippen LogP contribution in [0.5, 0.6) is 0 Å². The number of anilines is 2. The maximum Gasteiger partial charge on any atom is 0.261 e. The van der Waals surface area contributed by atoms with Gasteiger partial charge in [0.2, 0.25) is 5.88 Å². The molecule has 3 rings (SSSR count). The van der Waals surface area contributed by atoms with Crippen molar-refractivity contribution < 1.29 is 14.0 Å². The van der Waals surface area contributed by atoms with Crippen LogP contribution in [0.25, 0.3) is 0 Å². The lowest BCUT2D eigenvalue weighted by Gasteiger charge is -2.13. The van der Waals surface area contributed by atoms with E-state index in [1.807, 2.05) is 0 Å². The highest BCUT2D eigenvalue weighted by atomic mass is 32.1. The zero-order chi connectivity index (χ0) is 13.4.